The highest BCUT2D eigenvalue weighted by Crippen LogP contribution is 2.15. The summed E-state index contributed by atoms with van der Waals surface area (Å²) < 4.78 is 5.71. The summed E-state index contributed by atoms with van der Waals surface area (Å²) in [5.74, 6) is -1.40. The van der Waals surface area contributed by atoms with Gasteiger partial charge in [-0.05, 0) is 11.1 Å². The van der Waals surface area contributed by atoms with E-state index in [9.17, 15) is 14.7 Å². The number of carbonyl (C=O) groups excluding carboxylic acids is 1. The first kappa shape index (κ1) is 19.1. The first-order valence-corrected chi connectivity index (χ1v) is 9.07. The number of hydrogen-bond donors (Lipinski definition) is 2. The van der Waals surface area contributed by atoms with Crippen molar-refractivity contribution in [3.63, 3.8) is 0 Å². The molecule has 0 unspecified atom stereocenters. The van der Waals surface area contributed by atoms with Gasteiger partial charge in [0, 0.05) is 19.6 Å². The zero-order chi connectivity index (χ0) is 19.1. The topological polar surface area (TPSA) is 78.9 Å². The predicted molar refractivity (Wildman–Crippen MR) is 101 cm³/mol. The Labute approximate surface area is 158 Å². The molecule has 6 nitrogen and oxygen atoms in total. The van der Waals surface area contributed by atoms with Crippen molar-refractivity contribution >= 4 is 11.9 Å². The molecule has 1 fully saturated rings. The lowest BCUT2D eigenvalue weighted by Crippen LogP contribution is -2.44. The third-order valence-electron chi connectivity index (χ3n) is 4.57. The Bertz CT molecular complexity index is 751. The normalized spacial score (nSPS) is 18.6. The Kier molecular flexibility index (Phi) is 6.57. The van der Waals surface area contributed by atoms with Crippen LogP contribution in [0.2, 0.25) is 0 Å². The second kappa shape index (κ2) is 9.30. The Morgan fingerprint density at radius 1 is 1.11 bits per heavy atom. The van der Waals surface area contributed by atoms with Crippen molar-refractivity contribution in [1.82, 2.24) is 10.2 Å². The van der Waals surface area contributed by atoms with Crippen LogP contribution in [0.3, 0.4) is 0 Å². The lowest BCUT2D eigenvalue weighted by atomic mass is 10.1. The van der Waals surface area contributed by atoms with Crippen molar-refractivity contribution in [2.75, 3.05) is 19.7 Å². The van der Waals surface area contributed by atoms with E-state index in [0.29, 0.717) is 18.7 Å². The fourth-order valence-corrected chi connectivity index (χ4v) is 3.25. The monoisotopic (exact) mass is 368 g/mol. The number of rotatable bonds is 7. The summed E-state index contributed by atoms with van der Waals surface area (Å²) in [5, 5.41) is 12.0. The van der Waals surface area contributed by atoms with Gasteiger partial charge in [-0.2, -0.15) is 0 Å². The molecule has 0 bridgehead atoms. The molecular formula is C21H24N2O4. The fraction of sp³-hybridized carbons (Fsp3) is 0.333. The van der Waals surface area contributed by atoms with Crippen molar-refractivity contribution in [2.45, 2.75) is 25.1 Å². The maximum absolute atomic E-state index is 12.4. The van der Waals surface area contributed by atoms with Crippen LogP contribution in [0.5, 0.6) is 0 Å². The van der Waals surface area contributed by atoms with Crippen molar-refractivity contribution in [2.24, 2.45) is 0 Å². The molecule has 0 spiro atoms. The smallest absolute Gasteiger partial charge is 0.330 e. The second-order valence-corrected chi connectivity index (χ2v) is 6.67. The molecule has 0 saturated carbocycles. The number of carbonyl (C=O) groups is 2. The van der Waals surface area contributed by atoms with Crippen LogP contribution in [0.15, 0.2) is 60.7 Å². The van der Waals surface area contributed by atoms with E-state index in [1.54, 1.807) is 30.3 Å². The molecule has 1 aliphatic heterocycles. The van der Waals surface area contributed by atoms with Gasteiger partial charge in [-0.3, -0.25) is 9.69 Å². The Hall–Kier alpha value is -2.70. The molecule has 0 radical (unpaired) electrons. The number of nitrogens with zero attached hydrogens (tertiary/aromatic N) is 1. The summed E-state index contributed by atoms with van der Waals surface area (Å²) in [6.07, 6.45) is -0.102. The van der Waals surface area contributed by atoms with Crippen LogP contribution < -0.4 is 5.32 Å². The number of ether oxygens (including phenoxy) is 1. The molecule has 1 saturated heterocycles. The zero-order valence-corrected chi connectivity index (χ0v) is 15.1. The van der Waals surface area contributed by atoms with Crippen molar-refractivity contribution in [3.8, 4) is 0 Å². The summed E-state index contributed by atoms with van der Waals surface area (Å²) in [6, 6.07) is 17.8. The molecule has 2 aromatic carbocycles. The van der Waals surface area contributed by atoms with Crippen LogP contribution in [0.1, 0.15) is 23.6 Å². The molecular weight excluding hydrogens is 344 g/mol. The molecule has 27 heavy (non-hydrogen) atoms. The van der Waals surface area contributed by atoms with E-state index < -0.39 is 12.0 Å². The molecule has 1 aliphatic rings. The molecule has 0 aliphatic carbocycles. The number of aliphatic carboxylic acids is 1. The molecule has 1 heterocycles. The third-order valence-corrected chi connectivity index (χ3v) is 4.57. The highest BCUT2D eigenvalue weighted by Gasteiger charge is 2.26. The van der Waals surface area contributed by atoms with Gasteiger partial charge in [-0.25, -0.2) is 4.79 Å². The minimum Gasteiger partial charge on any atom is -0.479 e. The van der Waals surface area contributed by atoms with Gasteiger partial charge in [0.1, 0.15) is 0 Å². The molecule has 2 atom stereocenters. The molecule has 2 N–H and O–H groups in total. The van der Waals surface area contributed by atoms with E-state index in [2.05, 4.69) is 22.3 Å². The quantitative estimate of drug-likeness (QED) is 0.783. The molecule has 1 amide bonds. The van der Waals surface area contributed by atoms with E-state index in [1.165, 1.54) is 5.56 Å². The summed E-state index contributed by atoms with van der Waals surface area (Å²) in [7, 11) is 0. The minimum atomic E-state index is -1.08. The van der Waals surface area contributed by atoms with Gasteiger partial charge in [0.2, 0.25) is 5.91 Å². The van der Waals surface area contributed by atoms with Gasteiger partial charge in [0.05, 0.1) is 19.1 Å². The highest BCUT2D eigenvalue weighted by atomic mass is 16.5. The molecule has 3 rings (SSSR count). The number of amides is 1. The van der Waals surface area contributed by atoms with Crippen LogP contribution in [-0.2, 0) is 20.9 Å². The maximum Gasteiger partial charge on any atom is 0.330 e. The highest BCUT2D eigenvalue weighted by molar-refractivity contribution is 5.84. The first-order valence-electron chi connectivity index (χ1n) is 9.07. The fourth-order valence-electron chi connectivity index (χ4n) is 3.25. The van der Waals surface area contributed by atoms with Crippen LogP contribution in [0.25, 0.3) is 0 Å². The van der Waals surface area contributed by atoms with Gasteiger partial charge in [-0.15, -0.1) is 0 Å². The number of morpholine rings is 1. The lowest BCUT2D eigenvalue weighted by Gasteiger charge is -2.32. The van der Waals surface area contributed by atoms with Gasteiger partial charge < -0.3 is 15.2 Å². The largest absolute Gasteiger partial charge is 0.479 e. The summed E-state index contributed by atoms with van der Waals surface area (Å²) >= 11 is 0. The summed E-state index contributed by atoms with van der Waals surface area (Å²) in [4.78, 5) is 26.2. The van der Waals surface area contributed by atoms with Gasteiger partial charge in [0.25, 0.3) is 0 Å². The molecule has 6 heteroatoms. The number of hydrogen-bond acceptors (Lipinski definition) is 4. The Morgan fingerprint density at radius 2 is 1.78 bits per heavy atom. The summed E-state index contributed by atoms with van der Waals surface area (Å²) in [6.45, 7) is 2.83. The number of benzene rings is 2. The van der Waals surface area contributed by atoms with E-state index >= 15 is 0 Å². The molecule has 2 aromatic rings. The minimum absolute atomic E-state index is 0.141. The maximum atomic E-state index is 12.4. The first-order chi connectivity index (χ1) is 13.1. The zero-order valence-electron chi connectivity index (χ0n) is 15.1. The SMILES string of the molecule is O=C(C[C@@H]1CN(Cc2ccccc2)CCO1)N[C@@H](C(=O)O)c1ccccc1. The van der Waals surface area contributed by atoms with Gasteiger partial charge in [0.15, 0.2) is 6.04 Å². The Morgan fingerprint density at radius 3 is 2.44 bits per heavy atom. The average Bonchev–Trinajstić information content (AvgIpc) is 2.68. The Balaban J connectivity index is 1.54. The van der Waals surface area contributed by atoms with Crippen molar-refractivity contribution in [1.29, 1.82) is 0 Å². The molecule has 0 aromatic heterocycles. The number of carboxylic acids is 1. The number of nitrogens with one attached hydrogen (secondary N) is 1. The van der Waals surface area contributed by atoms with Gasteiger partial charge >= 0.3 is 5.97 Å². The van der Waals surface area contributed by atoms with Crippen LogP contribution in [0, 0.1) is 0 Å². The van der Waals surface area contributed by atoms with Crippen LogP contribution in [-0.4, -0.2) is 47.7 Å². The second-order valence-electron chi connectivity index (χ2n) is 6.67. The van der Waals surface area contributed by atoms with E-state index in [1.807, 2.05) is 18.2 Å². The van der Waals surface area contributed by atoms with Crippen molar-refractivity contribution in [3.05, 3.63) is 71.8 Å². The van der Waals surface area contributed by atoms with E-state index in [-0.39, 0.29) is 18.4 Å². The molecule has 142 valence electrons. The van der Waals surface area contributed by atoms with Crippen LogP contribution >= 0.6 is 0 Å². The lowest BCUT2D eigenvalue weighted by molar-refractivity contribution is -0.142. The van der Waals surface area contributed by atoms with E-state index in [0.717, 1.165) is 13.1 Å². The average molecular weight is 368 g/mol. The number of carboxylic acid groups (broad SMARTS) is 1. The van der Waals surface area contributed by atoms with Crippen LogP contribution in [0.4, 0.5) is 0 Å². The van der Waals surface area contributed by atoms with Gasteiger partial charge in [-0.1, -0.05) is 60.7 Å². The van der Waals surface area contributed by atoms with Crippen molar-refractivity contribution < 1.29 is 19.4 Å². The predicted octanol–water partition coefficient (Wildman–Crippen LogP) is 2.22. The summed E-state index contributed by atoms with van der Waals surface area (Å²) in [5.41, 5.74) is 1.77. The third kappa shape index (κ3) is 5.64. The van der Waals surface area contributed by atoms with E-state index in [4.69, 9.17) is 4.74 Å². The standard InChI is InChI=1S/C21H24N2O4/c24-19(22-20(21(25)26)17-9-5-2-6-10-17)13-18-15-23(11-12-27-18)14-16-7-3-1-4-8-16/h1-10,18,20H,11-15H2,(H,22,24)(H,25,26)/t18-,20-/m1/s1.